The van der Waals surface area contributed by atoms with Crippen LogP contribution in [0.5, 0.6) is 0 Å². The number of anilines is 2. The van der Waals surface area contributed by atoms with Gasteiger partial charge in [-0.25, -0.2) is 0 Å². The van der Waals surface area contributed by atoms with Crippen LogP contribution in [0.3, 0.4) is 0 Å². The molecule has 0 saturated carbocycles. The molecule has 2 aromatic carbocycles. The summed E-state index contributed by atoms with van der Waals surface area (Å²) in [7, 11) is 0. The lowest BCUT2D eigenvalue weighted by molar-refractivity contribution is -0.384. The molecular formula is C19H18ClN3O3. The molecule has 0 bridgehead atoms. The Kier molecular flexibility index (Phi) is 5.53. The topological polar surface area (TPSA) is 75.5 Å². The van der Waals surface area contributed by atoms with E-state index in [0.29, 0.717) is 5.56 Å². The van der Waals surface area contributed by atoms with Crippen LogP contribution in [0.25, 0.3) is 6.08 Å². The highest BCUT2D eigenvalue weighted by molar-refractivity contribution is 6.32. The van der Waals surface area contributed by atoms with Crippen LogP contribution in [0.1, 0.15) is 18.4 Å². The third kappa shape index (κ3) is 4.21. The number of rotatable bonds is 5. The second-order valence-electron chi connectivity index (χ2n) is 6.00. The van der Waals surface area contributed by atoms with Gasteiger partial charge in [0, 0.05) is 25.2 Å². The Balaban J connectivity index is 1.73. The molecule has 1 aliphatic rings. The average Bonchev–Trinajstić information content (AvgIpc) is 3.15. The third-order valence-corrected chi connectivity index (χ3v) is 4.52. The maximum absolute atomic E-state index is 12.3. The molecule has 7 heteroatoms. The molecule has 2 aromatic rings. The number of nitro groups is 1. The number of carbonyl (C=O) groups excluding carboxylic acids is 1. The zero-order chi connectivity index (χ0) is 18.5. The molecule has 0 atom stereocenters. The summed E-state index contributed by atoms with van der Waals surface area (Å²) < 4.78 is 0. The highest BCUT2D eigenvalue weighted by Crippen LogP contribution is 2.29. The Labute approximate surface area is 156 Å². The monoisotopic (exact) mass is 371 g/mol. The Bertz CT molecular complexity index is 861. The van der Waals surface area contributed by atoms with E-state index in [-0.39, 0.29) is 16.6 Å². The molecule has 1 fully saturated rings. The number of hydrogen-bond donors (Lipinski definition) is 1. The zero-order valence-corrected chi connectivity index (χ0v) is 14.8. The predicted molar refractivity (Wildman–Crippen MR) is 104 cm³/mol. The standard InChI is InChI=1S/C19H18ClN3O3/c20-15-9-7-14(13-18(15)23(25)26)8-10-19(24)21-16-5-1-2-6-17(16)22-11-3-4-12-22/h1-2,5-10,13H,3-4,11-12H2,(H,21,24). The van der Waals surface area contributed by atoms with Crippen LogP contribution in [0.4, 0.5) is 17.1 Å². The highest BCUT2D eigenvalue weighted by Gasteiger charge is 2.16. The minimum atomic E-state index is -0.550. The van der Waals surface area contributed by atoms with Crippen molar-refractivity contribution >= 4 is 40.6 Å². The van der Waals surface area contributed by atoms with Crippen LogP contribution in [0.2, 0.25) is 5.02 Å². The van der Waals surface area contributed by atoms with Crippen molar-refractivity contribution in [1.82, 2.24) is 0 Å². The number of benzene rings is 2. The second kappa shape index (κ2) is 8.01. The summed E-state index contributed by atoms with van der Waals surface area (Å²) in [5, 5.41) is 13.9. The molecular weight excluding hydrogens is 354 g/mol. The van der Waals surface area contributed by atoms with Crippen molar-refractivity contribution in [2.75, 3.05) is 23.3 Å². The van der Waals surface area contributed by atoms with Gasteiger partial charge in [0.25, 0.3) is 5.69 Å². The normalized spacial score (nSPS) is 14.0. The molecule has 0 unspecified atom stereocenters. The summed E-state index contributed by atoms with van der Waals surface area (Å²) in [4.78, 5) is 24.9. The molecule has 26 heavy (non-hydrogen) atoms. The van der Waals surface area contributed by atoms with Crippen LogP contribution >= 0.6 is 11.6 Å². The number of para-hydroxylation sites is 2. The Morgan fingerprint density at radius 2 is 1.92 bits per heavy atom. The predicted octanol–water partition coefficient (Wildman–Crippen LogP) is 4.50. The summed E-state index contributed by atoms with van der Waals surface area (Å²) >= 11 is 5.79. The molecule has 134 valence electrons. The SMILES string of the molecule is O=C(C=Cc1ccc(Cl)c([N+](=O)[O-])c1)Nc1ccccc1N1CCCC1. The van der Waals surface area contributed by atoms with Gasteiger partial charge in [-0.2, -0.15) is 0 Å². The van der Waals surface area contributed by atoms with Crippen LogP contribution in [-0.4, -0.2) is 23.9 Å². The minimum absolute atomic E-state index is 0.0659. The van der Waals surface area contributed by atoms with Crippen molar-refractivity contribution < 1.29 is 9.72 Å². The van der Waals surface area contributed by atoms with Gasteiger partial charge in [0.15, 0.2) is 0 Å². The molecule has 3 rings (SSSR count). The van der Waals surface area contributed by atoms with Gasteiger partial charge in [0.1, 0.15) is 5.02 Å². The van der Waals surface area contributed by atoms with E-state index >= 15 is 0 Å². The Morgan fingerprint density at radius 1 is 1.19 bits per heavy atom. The number of nitrogens with zero attached hydrogens (tertiary/aromatic N) is 2. The lowest BCUT2D eigenvalue weighted by atomic mass is 10.2. The minimum Gasteiger partial charge on any atom is -0.370 e. The smallest absolute Gasteiger partial charge is 0.288 e. The van der Waals surface area contributed by atoms with E-state index in [1.165, 1.54) is 24.3 Å². The van der Waals surface area contributed by atoms with Crippen LogP contribution in [0.15, 0.2) is 48.5 Å². The molecule has 0 radical (unpaired) electrons. The molecule has 1 N–H and O–H groups in total. The summed E-state index contributed by atoms with van der Waals surface area (Å²) in [6.07, 6.45) is 5.18. The molecule has 1 amide bonds. The Morgan fingerprint density at radius 3 is 2.65 bits per heavy atom. The van der Waals surface area contributed by atoms with Crippen LogP contribution in [-0.2, 0) is 4.79 Å². The number of halogens is 1. The summed E-state index contributed by atoms with van der Waals surface area (Å²) in [6, 6.07) is 12.1. The fraction of sp³-hybridized carbons (Fsp3) is 0.211. The van der Waals surface area contributed by atoms with Crippen molar-refractivity contribution in [1.29, 1.82) is 0 Å². The maximum atomic E-state index is 12.3. The van der Waals surface area contributed by atoms with Crippen molar-refractivity contribution in [3.05, 3.63) is 69.2 Å². The fourth-order valence-corrected chi connectivity index (χ4v) is 3.12. The van der Waals surface area contributed by atoms with Gasteiger partial charge in [-0.3, -0.25) is 14.9 Å². The van der Waals surface area contributed by atoms with Gasteiger partial charge in [-0.15, -0.1) is 0 Å². The average molecular weight is 372 g/mol. The quantitative estimate of drug-likeness (QED) is 0.477. The fourth-order valence-electron chi connectivity index (χ4n) is 2.93. The number of hydrogen-bond acceptors (Lipinski definition) is 4. The van der Waals surface area contributed by atoms with Gasteiger partial charge < -0.3 is 10.2 Å². The lowest BCUT2D eigenvalue weighted by Gasteiger charge is -2.21. The second-order valence-corrected chi connectivity index (χ2v) is 6.41. The first-order chi connectivity index (χ1) is 12.5. The molecule has 0 spiro atoms. The number of nitrogens with one attached hydrogen (secondary N) is 1. The molecule has 0 aromatic heterocycles. The first-order valence-electron chi connectivity index (χ1n) is 8.31. The Hall–Kier alpha value is -2.86. The van der Waals surface area contributed by atoms with Crippen molar-refractivity contribution in [3.63, 3.8) is 0 Å². The first-order valence-corrected chi connectivity index (χ1v) is 8.69. The van der Waals surface area contributed by atoms with E-state index in [4.69, 9.17) is 11.6 Å². The highest BCUT2D eigenvalue weighted by atomic mass is 35.5. The van der Waals surface area contributed by atoms with Crippen LogP contribution < -0.4 is 10.2 Å². The number of amides is 1. The van der Waals surface area contributed by atoms with Crippen molar-refractivity contribution in [2.45, 2.75) is 12.8 Å². The van der Waals surface area contributed by atoms with Crippen molar-refractivity contribution in [3.8, 4) is 0 Å². The van der Waals surface area contributed by atoms with Crippen LogP contribution in [0, 0.1) is 10.1 Å². The van der Waals surface area contributed by atoms with Gasteiger partial charge in [0.05, 0.1) is 16.3 Å². The van der Waals surface area contributed by atoms with Gasteiger partial charge in [-0.1, -0.05) is 29.8 Å². The number of nitro benzene ring substituents is 1. The van der Waals surface area contributed by atoms with E-state index in [9.17, 15) is 14.9 Å². The zero-order valence-electron chi connectivity index (χ0n) is 14.0. The van der Waals surface area contributed by atoms with E-state index in [0.717, 1.165) is 37.3 Å². The van der Waals surface area contributed by atoms with E-state index < -0.39 is 4.92 Å². The molecule has 1 aliphatic heterocycles. The van der Waals surface area contributed by atoms with E-state index in [2.05, 4.69) is 10.2 Å². The molecule has 1 saturated heterocycles. The molecule has 1 heterocycles. The van der Waals surface area contributed by atoms with Gasteiger partial charge in [-0.05, 0) is 42.7 Å². The lowest BCUT2D eigenvalue weighted by Crippen LogP contribution is -2.20. The van der Waals surface area contributed by atoms with Gasteiger partial charge in [0.2, 0.25) is 5.91 Å². The number of carbonyl (C=O) groups is 1. The van der Waals surface area contributed by atoms with Crippen molar-refractivity contribution in [2.24, 2.45) is 0 Å². The summed E-state index contributed by atoms with van der Waals surface area (Å²) in [5.74, 6) is -0.297. The largest absolute Gasteiger partial charge is 0.370 e. The molecule has 0 aliphatic carbocycles. The molecule has 6 nitrogen and oxygen atoms in total. The van der Waals surface area contributed by atoms with E-state index in [1.54, 1.807) is 6.07 Å². The van der Waals surface area contributed by atoms with Gasteiger partial charge >= 0.3 is 0 Å². The summed E-state index contributed by atoms with van der Waals surface area (Å²) in [6.45, 7) is 1.97. The maximum Gasteiger partial charge on any atom is 0.288 e. The summed E-state index contributed by atoms with van der Waals surface area (Å²) in [5.41, 5.74) is 2.11. The third-order valence-electron chi connectivity index (χ3n) is 4.20. The first kappa shape index (κ1) is 17.9. The van der Waals surface area contributed by atoms with E-state index in [1.807, 2.05) is 24.3 Å².